The van der Waals surface area contributed by atoms with Crippen LogP contribution in [0.1, 0.15) is 48.0 Å². The second-order valence-electron chi connectivity index (χ2n) is 3.76. The van der Waals surface area contributed by atoms with Crippen LogP contribution in [0, 0.1) is 0 Å². The van der Waals surface area contributed by atoms with Gasteiger partial charge in [0.05, 0.1) is 6.61 Å². The number of allylic oxidation sites excluding steroid dienone is 2. The maximum atomic E-state index is 10.7. The Hall–Kier alpha value is -1.58. The molecular formula is C14H24O4. The molecule has 1 N–H and O–H groups in total. The molecule has 0 aromatic heterocycles. The molecule has 0 aliphatic heterocycles. The molecule has 0 amide bonds. The van der Waals surface area contributed by atoms with Crippen molar-refractivity contribution in [2.24, 2.45) is 0 Å². The van der Waals surface area contributed by atoms with Gasteiger partial charge in [0.2, 0.25) is 0 Å². The molecule has 0 aromatic carbocycles. The molecule has 0 saturated heterocycles. The van der Waals surface area contributed by atoms with Gasteiger partial charge in [-0.15, -0.1) is 0 Å². The summed E-state index contributed by atoms with van der Waals surface area (Å²) in [4.78, 5) is 20.9. The van der Waals surface area contributed by atoms with Crippen LogP contribution in [-0.2, 0) is 14.3 Å². The van der Waals surface area contributed by atoms with E-state index in [9.17, 15) is 9.59 Å². The molecule has 0 fully saturated rings. The van der Waals surface area contributed by atoms with Crippen LogP contribution in [0.3, 0.4) is 0 Å². The molecule has 0 radical (unpaired) electrons. The highest BCUT2D eigenvalue weighted by atomic mass is 16.5. The van der Waals surface area contributed by atoms with E-state index in [1.165, 1.54) is 0 Å². The van der Waals surface area contributed by atoms with Crippen LogP contribution in [0.5, 0.6) is 0 Å². The van der Waals surface area contributed by atoms with Crippen molar-refractivity contribution in [3.8, 4) is 0 Å². The van der Waals surface area contributed by atoms with Crippen molar-refractivity contribution in [1.82, 2.24) is 0 Å². The number of carbonyl (C=O) groups excluding carboxylic acids is 1. The molecule has 0 spiro atoms. The van der Waals surface area contributed by atoms with Crippen molar-refractivity contribution in [1.29, 1.82) is 0 Å². The molecule has 4 heteroatoms. The Morgan fingerprint density at radius 1 is 1.17 bits per heavy atom. The van der Waals surface area contributed by atoms with Crippen LogP contribution in [0.2, 0.25) is 0 Å². The van der Waals surface area contributed by atoms with Gasteiger partial charge >= 0.3 is 11.9 Å². The number of ether oxygens (including phenoxy) is 1. The summed E-state index contributed by atoms with van der Waals surface area (Å²) in [5.74, 6) is -1.03. The summed E-state index contributed by atoms with van der Waals surface area (Å²) in [5.41, 5.74) is 2.08. The molecule has 0 atom stereocenters. The van der Waals surface area contributed by atoms with Gasteiger partial charge in [-0.05, 0) is 41.0 Å². The van der Waals surface area contributed by atoms with Crippen molar-refractivity contribution >= 4 is 11.9 Å². The molecule has 18 heavy (non-hydrogen) atoms. The smallest absolute Gasteiger partial charge is 0.333 e. The third kappa shape index (κ3) is 8.56. The predicted octanol–water partition coefficient (Wildman–Crippen LogP) is 3.33. The molecular weight excluding hydrogens is 232 g/mol. The number of hydrogen-bond acceptors (Lipinski definition) is 3. The van der Waals surface area contributed by atoms with Gasteiger partial charge in [-0.1, -0.05) is 18.6 Å². The summed E-state index contributed by atoms with van der Waals surface area (Å²) in [5, 5.41) is 8.43. The first-order valence-electron chi connectivity index (χ1n) is 6.01. The second-order valence-corrected chi connectivity index (χ2v) is 3.76. The van der Waals surface area contributed by atoms with Gasteiger partial charge in [-0.25, -0.2) is 9.59 Å². The summed E-state index contributed by atoms with van der Waals surface area (Å²) in [6.45, 7) is 11.2. The Morgan fingerprint density at radius 2 is 1.67 bits per heavy atom. The summed E-state index contributed by atoms with van der Waals surface area (Å²) < 4.78 is 4.69. The molecule has 104 valence electrons. The summed E-state index contributed by atoms with van der Waals surface area (Å²) in [6.07, 6.45) is 2.55. The zero-order valence-electron chi connectivity index (χ0n) is 12.2. The minimum atomic E-state index is -0.811. The van der Waals surface area contributed by atoms with Crippen LogP contribution in [0.15, 0.2) is 22.8 Å². The van der Waals surface area contributed by atoms with E-state index in [4.69, 9.17) is 5.11 Å². The van der Waals surface area contributed by atoms with Crippen LogP contribution in [0.4, 0.5) is 0 Å². The normalized spacial score (nSPS) is 12.0. The average Bonchev–Trinajstić information content (AvgIpc) is 2.36. The lowest BCUT2D eigenvalue weighted by Gasteiger charge is -1.98. The van der Waals surface area contributed by atoms with Crippen LogP contribution in [-0.4, -0.2) is 23.7 Å². The molecule has 4 nitrogen and oxygen atoms in total. The van der Waals surface area contributed by atoms with Crippen molar-refractivity contribution in [3.05, 3.63) is 22.8 Å². The first-order valence-corrected chi connectivity index (χ1v) is 6.01. The highest BCUT2D eigenvalue weighted by molar-refractivity contribution is 5.87. The maximum Gasteiger partial charge on any atom is 0.333 e. The highest BCUT2D eigenvalue weighted by Gasteiger charge is 2.01. The third-order valence-electron chi connectivity index (χ3n) is 2.52. The lowest BCUT2D eigenvalue weighted by molar-refractivity contribution is -0.138. The van der Waals surface area contributed by atoms with E-state index in [2.05, 4.69) is 4.74 Å². The fraction of sp³-hybridized carbons (Fsp3) is 0.571. The summed E-state index contributed by atoms with van der Waals surface area (Å²) in [6, 6.07) is 0. The largest absolute Gasteiger partial charge is 0.478 e. The van der Waals surface area contributed by atoms with Gasteiger partial charge in [-0.3, -0.25) is 0 Å². The lowest BCUT2D eigenvalue weighted by Crippen LogP contribution is -2.04. The number of carboxylic acid groups (broad SMARTS) is 1. The fourth-order valence-electron chi connectivity index (χ4n) is 0.810. The van der Waals surface area contributed by atoms with E-state index in [0.29, 0.717) is 17.8 Å². The summed E-state index contributed by atoms with van der Waals surface area (Å²) in [7, 11) is 0. The van der Waals surface area contributed by atoms with Crippen LogP contribution < -0.4 is 0 Å². The number of carboxylic acids is 1. The monoisotopic (exact) mass is 256 g/mol. The Bertz CT molecular complexity index is 338. The quantitative estimate of drug-likeness (QED) is 0.619. The van der Waals surface area contributed by atoms with E-state index >= 15 is 0 Å². The first-order chi connectivity index (χ1) is 8.31. The standard InChI is InChI=1S/2C7H12O2/c1-4-6(3)7(8)9-5-2;1-4-5(2)6(3)7(8)9/h4H,5H2,1-3H3;4H2,1-3H3,(H,8,9)/b;6-5-. The number of rotatable bonds is 4. The molecule has 0 aliphatic rings. The first kappa shape index (κ1) is 18.8. The van der Waals surface area contributed by atoms with Gasteiger partial charge in [-0.2, -0.15) is 0 Å². The second kappa shape index (κ2) is 10.6. The Kier molecular flexibility index (Phi) is 11.0. The molecule has 0 aromatic rings. The van der Waals surface area contributed by atoms with Crippen LogP contribution in [0.25, 0.3) is 0 Å². The van der Waals surface area contributed by atoms with Gasteiger partial charge in [0.25, 0.3) is 0 Å². The van der Waals surface area contributed by atoms with Crippen molar-refractivity contribution in [2.75, 3.05) is 6.61 Å². The van der Waals surface area contributed by atoms with Gasteiger partial charge in [0, 0.05) is 11.1 Å². The zero-order valence-corrected chi connectivity index (χ0v) is 12.2. The number of hydrogen-bond donors (Lipinski definition) is 1. The highest BCUT2D eigenvalue weighted by Crippen LogP contribution is 2.05. The number of aliphatic carboxylic acids is 1. The molecule has 0 heterocycles. The third-order valence-corrected chi connectivity index (χ3v) is 2.52. The van der Waals surface area contributed by atoms with E-state index in [-0.39, 0.29) is 5.97 Å². The topological polar surface area (TPSA) is 63.6 Å². The minimum absolute atomic E-state index is 0.222. The number of esters is 1. The minimum Gasteiger partial charge on any atom is -0.478 e. The van der Waals surface area contributed by atoms with Crippen molar-refractivity contribution in [2.45, 2.75) is 48.0 Å². The zero-order chi connectivity index (χ0) is 14.7. The number of carbonyl (C=O) groups is 2. The Balaban J connectivity index is 0. The van der Waals surface area contributed by atoms with Crippen molar-refractivity contribution in [3.63, 3.8) is 0 Å². The fourth-order valence-corrected chi connectivity index (χ4v) is 0.810. The average molecular weight is 256 g/mol. The van der Waals surface area contributed by atoms with Gasteiger partial charge in [0.15, 0.2) is 0 Å². The predicted molar refractivity (Wildman–Crippen MR) is 72.4 cm³/mol. The summed E-state index contributed by atoms with van der Waals surface area (Å²) >= 11 is 0. The maximum absolute atomic E-state index is 10.7. The SMILES string of the molecule is CC/C(C)=C(/C)C(=O)O.CC=C(C)C(=O)OCC. The molecule has 0 saturated carbocycles. The molecule has 0 unspecified atom stereocenters. The van der Waals surface area contributed by atoms with E-state index < -0.39 is 5.97 Å². The van der Waals surface area contributed by atoms with E-state index in [1.54, 1.807) is 26.8 Å². The van der Waals surface area contributed by atoms with E-state index in [1.807, 2.05) is 20.8 Å². The van der Waals surface area contributed by atoms with Gasteiger partial charge in [0.1, 0.15) is 0 Å². The molecule has 0 rings (SSSR count). The van der Waals surface area contributed by atoms with Crippen LogP contribution >= 0.6 is 0 Å². The Morgan fingerprint density at radius 3 is 1.89 bits per heavy atom. The van der Waals surface area contributed by atoms with Gasteiger partial charge < -0.3 is 9.84 Å². The lowest BCUT2D eigenvalue weighted by atomic mass is 10.1. The Labute approximate surface area is 109 Å². The molecule has 0 aliphatic carbocycles. The van der Waals surface area contributed by atoms with E-state index in [0.717, 1.165) is 12.0 Å². The van der Waals surface area contributed by atoms with Crippen molar-refractivity contribution < 1.29 is 19.4 Å². The molecule has 0 bridgehead atoms.